The summed E-state index contributed by atoms with van der Waals surface area (Å²) in [6.07, 6.45) is 1.99. The van der Waals surface area contributed by atoms with E-state index in [4.69, 9.17) is 22.1 Å². The zero-order valence-electron chi connectivity index (χ0n) is 10.3. The third-order valence-electron chi connectivity index (χ3n) is 3.47. The van der Waals surface area contributed by atoms with Gasteiger partial charge in [0, 0.05) is 32.7 Å². The molecule has 18 heavy (non-hydrogen) atoms. The van der Waals surface area contributed by atoms with Crippen molar-refractivity contribution < 1.29 is 4.74 Å². The van der Waals surface area contributed by atoms with Gasteiger partial charge in [0.15, 0.2) is 5.15 Å². The average molecular weight is 270 g/mol. The molecule has 7 heteroatoms. The first-order valence-corrected chi connectivity index (χ1v) is 6.47. The largest absolute Gasteiger partial charge is 0.381 e. The predicted octanol–water partition coefficient (Wildman–Crippen LogP) is 1.07. The molecule has 98 valence electrons. The van der Waals surface area contributed by atoms with E-state index >= 15 is 0 Å². The molecule has 6 nitrogen and oxygen atoms in total. The van der Waals surface area contributed by atoms with Crippen molar-refractivity contribution in [1.82, 2.24) is 19.2 Å². The Morgan fingerprint density at radius 3 is 2.78 bits per heavy atom. The minimum absolute atomic E-state index is 0.328. The monoisotopic (exact) mass is 269 g/mol. The molecule has 1 aliphatic rings. The van der Waals surface area contributed by atoms with E-state index in [1.165, 1.54) is 0 Å². The maximum Gasteiger partial charge on any atom is 0.233 e. The summed E-state index contributed by atoms with van der Waals surface area (Å²) in [5, 5.41) is 5.09. The second-order valence-corrected chi connectivity index (χ2v) is 4.93. The molecule has 2 N–H and O–H groups in total. The fraction of sp³-hybridized carbons (Fsp3) is 0.636. The molecule has 1 aliphatic heterocycles. The van der Waals surface area contributed by atoms with Gasteiger partial charge in [0.2, 0.25) is 5.78 Å². The number of aryl methyl sites for hydroxylation is 1. The van der Waals surface area contributed by atoms with Gasteiger partial charge in [-0.05, 0) is 12.8 Å². The van der Waals surface area contributed by atoms with Crippen LogP contribution in [-0.4, -0.2) is 32.4 Å². The van der Waals surface area contributed by atoms with Crippen LogP contribution in [0.5, 0.6) is 0 Å². The van der Waals surface area contributed by atoms with Crippen molar-refractivity contribution in [1.29, 1.82) is 0 Å². The van der Waals surface area contributed by atoms with Crippen LogP contribution in [0.3, 0.4) is 0 Å². The van der Waals surface area contributed by atoms with Crippen molar-refractivity contribution in [2.45, 2.75) is 25.3 Å². The van der Waals surface area contributed by atoms with Crippen molar-refractivity contribution in [2.75, 3.05) is 13.2 Å². The minimum Gasteiger partial charge on any atom is -0.381 e. The molecular formula is C11H16ClN5O. The van der Waals surface area contributed by atoms with E-state index in [1.807, 2.05) is 11.6 Å². The van der Waals surface area contributed by atoms with Crippen LogP contribution in [0.25, 0.3) is 5.78 Å². The number of hydrogen-bond donors (Lipinski definition) is 1. The SMILES string of the molecule is Cn1c(C2CCOCC2)nn2c(Cl)c(CN)nc12. The number of aromatic nitrogens is 4. The summed E-state index contributed by atoms with van der Waals surface area (Å²) in [5.74, 6) is 2.19. The van der Waals surface area contributed by atoms with Crippen molar-refractivity contribution in [3.05, 3.63) is 16.7 Å². The van der Waals surface area contributed by atoms with Crippen LogP contribution in [0.4, 0.5) is 0 Å². The summed E-state index contributed by atoms with van der Waals surface area (Å²) in [5.41, 5.74) is 6.28. The molecule has 0 spiro atoms. The van der Waals surface area contributed by atoms with Crippen LogP contribution in [-0.2, 0) is 18.3 Å². The third-order valence-corrected chi connectivity index (χ3v) is 3.85. The van der Waals surface area contributed by atoms with Crippen LogP contribution >= 0.6 is 11.6 Å². The lowest BCUT2D eigenvalue weighted by molar-refractivity contribution is 0.0829. The Morgan fingerprint density at radius 1 is 1.44 bits per heavy atom. The first-order valence-electron chi connectivity index (χ1n) is 6.10. The van der Waals surface area contributed by atoms with Gasteiger partial charge in [0.1, 0.15) is 5.82 Å². The van der Waals surface area contributed by atoms with E-state index in [2.05, 4.69) is 10.1 Å². The molecule has 3 heterocycles. The number of ether oxygens (including phenoxy) is 1. The number of hydrogen-bond acceptors (Lipinski definition) is 4. The maximum atomic E-state index is 6.20. The molecule has 0 amide bonds. The second kappa shape index (κ2) is 4.53. The van der Waals surface area contributed by atoms with E-state index in [1.54, 1.807) is 4.52 Å². The second-order valence-electron chi connectivity index (χ2n) is 4.57. The number of nitrogens with zero attached hydrogens (tertiary/aromatic N) is 4. The van der Waals surface area contributed by atoms with E-state index in [0.717, 1.165) is 37.7 Å². The van der Waals surface area contributed by atoms with Gasteiger partial charge in [-0.25, -0.2) is 4.98 Å². The third kappa shape index (κ3) is 1.72. The smallest absolute Gasteiger partial charge is 0.233 e. The van der Waals surface area contributed by atoms with Gasteiger partial charge in [0.05, 0.1) is 5.69 Å². The normalized spacial score (nSPS) is 17.7. The van der Waals surface area contributed by atoms with Gasteiger partial charge in [0.25, 0.3) is 0 Å². The number of imidazole rings is 1. The predicted molar refractivity (Wildman–Crippen MR) is 67.7 cm³/mol. The van der Waals surface area contributed by atoms with Crippen LogP contribution in [0.15, 0.2) is 0 Å². The summed E-state index contributed by atoms with van der Waals surface area (Å²) in [6.45, 7) is 1.91. The number of nitrogens with two attached hydrogens (primary N) is 1. The van der Waals surface area contributed by atoms with Crippen molar-refractivity contribution in [3.63, 3.8) is 0 Å². The Morgan fingerprint density at radius 2 is 2.17 bits per heavy atom. The molecule has 0 saturated carbocycles. The summed E-state index contributed by atoms with van der Waals surface area (Å²) >= 11 is 6.20. The molecule has 0 aliphatic carbocycles. The standard InChI is InChI=1S/C11H16ClN5O/c1-16-10(7-2-4-18-5-3-7)15-17-9(12)8(6-13)14-11(16)17/h7H,2-6,13H2,1H3. The fourth-order valence-corrected chi connectivity index (χ4v) is 2.68. The molecule has 2 aromatic heterocycles. The van der Waals surface area contributed by atoms with Gasteiger partial charge < -0.3 is 10.5 Å². The lowest BCUT2D eigenvalue weighted by Gasteiger charge is -2.20. The van der Waals surface area contributed by atoms with Crippen LogP contribution in [0, 0.1) is 0 Å². The summed E-state index contributed by atoms with van der Waals surface area (Å²) < 4.78 is 9.05. The molecule has 1 fully saturated rings. The quantitative estimate of drug-likeness (QED) is 0.885. The Labute approximate surface area is 110 Å². The lowest BCUT2D eigenvalue weighted by atomic mass is 10.00. The van der Waals surface area contributed by atoms with Gasteiger partial charge >= 0.3 is 0 Å². The first-order chi connectivity index (χ1) is 8.72. The summed E-state index contributed by atoms with van der Waals surface area (Å²) in [4.78, 5) is 4.42. The van der Waals surface area contributed by atoms with E-state index in [9.17, 15) is 0 Å². The van der Waals surface area contributed by atoms with Gasteiger partial charge in [-0.3, -0.25) is 4.57 Å². The zero-order chi connectivity index (χ0) is 12.7. The Balaban J connectivity index is 2.06. The molecule has 0 atom stereocenters. The van der Waals surface area contributed by atoms with E-state index in [-0.39, 0.29) is 0 Å². The lowest BCUT2D eigenvalue weighted by Crippen LogP contribution is -2.17. The Hall–Kier alpha value is -1.11. The van der Waals surface area contributed by atoms with Gasteiger partial charge in [-0.1, -0.05) is 11.6 Å². The highest BCUT2D eigenvalue weighted by Crippen LogP contribution is 2.27. The Kier molecular flexibility index (Phi) is 3.01. The van der Waals surface area contributed by atoms with Crippen LogP contribution in [0.1, 0.15) is 30.3 Å². The molecule has 3 rings (SSSR count). The molecule has 0 unspecified atom stereocenters. The van der Waals surface area contributed by atoms with E-state index in [0.29, 0.717) is 23.3 Å². The molecule has 2 aromatic rings. The van der Waals surface area contributed by atoms with E-state index < -0.39 is 0 Å². The Bertz CT molecular complexity index is 569. The van der Waals surface area contributed by atoms with Gasteiger partial charge in [-0.15, -0.1) is 0 Å². The van der Waals surface area contributed by atoms with Crippen LogP contribution < -0.4 is 5.73 Å². The molecule has 1 saturated heterocycles. The van der Waals surface area contributed by atoms with Crippen molar-refractivity contribution in [3.8, 4) is 0 Å². The maximum absolute atomic E-state index is 6.20. The average Bonchev–Trinajstić information content (AvgIpc) is 2.89. The fourth-order valence-electron chi connectivity index (χ4n) is 2.44. The topological polar surface area (TPSA) is 70.4 Å². The number of rotatable bonds is 2. The first kappa shape index (κ1) is 12.0. The minimum atomic E-state index is 0.328. The highest BCUT2D eigenvalue weighted by Gasteiger charge is 2.24. The molecule has 0 aromatic carbocycles. The summed E-state index contributed by atoms with van der Waals surface area (Å²) in [7, 11) is 1.97. The molecular weight excluding hydrogens is 254 g/mol. The highest BCUT2D eigenvalue weighted by atomic mass is 35.5. The number of halogens is 1. The molecule has 0 bridgehead atoms. The highest BCUT2D eigenvalue weighted by molar-refractivity contribution is 6.30. The van der Waals surface area contributed by atoms with Gasteiger partial charge in [-0.2, -0.15) is 9.61 Å². The summed E-state index contributed by atoms with van der Waals surface area (Å²) in [6, 6.07) is 0. The van der Waals surface area contributed by atoms with Crippen LogP contribution in [0.2, 0.25) is 5.15 Å². The molecule has 0 radical (unpaired) electrons. The number of fused-ring (bicyclic) bond motifs is 1. The van der Waals surface area contributed by atoms with Crippen molar-refractivity contribution >= 4 is 17.4 Å². The van der Waals surface area contributed by atoms with Crippen molar-refractivity contribution in [2.24, 2.45) is 12.8 Å². The zero-order valence-corrected chi connectivity index (χ0v) is 11.0.